The van der Waals surface area contributed by atoms with Crippen LogP contribution in [0, 0.1) is 12.8 Å². The van der Waals surface area contributed by atoms with E-state index in [2.05, 4.69) is 15.0 Å². The third kappa shape index (κ3) is 2.33. The van der Waals surface area contributed by atoms with Crippen molar-refractivity contribution in [2.24, 2.45) is 5.92 Å². The van der Waals surface area contributed by atoms with Crippen LogP contribution in [0.4, 0.5) is 0 Å². The van der Waals surface area contributed by atoms with Crippen molar-refractivity contribution < 1.29 is 4.79 Å². The minimum absolute atomic E-state index is 0.0354. The van der Waals surface area contributed by atoms with Gasteiger partial charge in [-0.15, -0.1) is 0 Å². The Balaban J connectivity index is 1.82. The second-order valence-corrected chi connectivity index (χ2v) is 6.84. The number of amides is 1. The predicted octanol–water partition coefficient (Wildman–Crippen LogP) is 2.79. The molecule has 1 fully saturated rings. The van der Waals surface area contributed by atoms with Gasteiger partial charge in [0.25, 0.3) is 0 Å². The van der Waals surface area contributed by atoms with Crippen molar-refractivity contribution in [1.82, 2.24) is 24.8 Å². The van der Waals surface area contributed by atoms with E-state index in [1.54, 1.807) is 6.20 Å². The highest BCUT2D eigenvalue weighted by Crippen LogP contribution is 2.34. The third-order valence-electron chi connectivity index (χ3n) is 4.77. The van der Waals surface area contributed by atoms with E-state index in [9.17, 15) is 4.79 Å². The van der Waals surface area contributed by atoms with Gasteiger partial charge in [-0.3, -0.25) is 4.79 Å². The molecule has 1 aliphatic heterocycles. The highest BCUT2D eigenvalue weighted by molar-refractivity contribution is 6.04. The molecule has 1 N–H and O–H groups in total. The molecule has 0 spiro atoms. The van der Waals surface area contributed by atoms with Gasteiger partial charge in [-0.1, -0.05) is 13.8 Å². The number of aromatic nitrogens is 4. The maximum absolute atomic E-state index is 12.3. The van der Waals surface area contributed by atoms with Gasteiger partial charge in [0.1, 0.15) is 11.5 Å². The zero-order valence-corrected chi connectivity index (χ0v) is 14.2. The predicted molar refractivity (Wildman–Crippen MR) is 92.7 cm³/mol. The van der Waals surface area contributed by atoms with Crippen LogP contribution in [0.25, 0.3) is 21.9 Å². The molecule has 4 heterocycles. The summed E-state index contributed by atoms with van der Waals surface area (Å²) in [5.74, 6) is 1.26. The molecule has 1 amide bonds. The van der Waals surface area contributed by atoms with Crippen LogP contribution in [0.3, 0.4) is 0 Å². The fourth-order valence-electron chi connectivity index (χ4n) is 3.63. The first-order chi connectivity index (χ1) is 11.5. The maximum atomic E-state index is 12.3. The Kier molecular flexibility index (Phi) is 3.48. The number of aryl methyl sites for hydroxylation is 1. The van der Waals surface area contributed by atoms with E-state index in [1.165, 1.54) is 0 Å². The molecule has 0 aromatic carbocycles. The van der Waals surface area contributed by atoms with E-state index >= 15 is 0 Å². The Morgan fingerprint density at radius 2 is 2.21 bits per heavy atom. The summed E-state index contributed by atoms with van der Waals surface area (Å²) in [6.07, 6.45) is 4.64. The summed E-state index contributed by atoms with van der Waals surface area (Å²) in [6.45, 7) is 7.35. The van der Waals surface area contributed by atoms with Crippen LogP contribution in [-0.4, -0.2) is 43.8 Å². The average molecular weight is 323 g/mol. The molecule has 0 radical (unpaired) electrons. The number of carbonyl (C=O) groups excluding carboxylic acids is 1. The SMILES string of the molecule is Cc1nc(C2CCN(C(=O)C(C)C)C2)c2c(cnc3[nH]ccc32)n1. The van der Waals surface area contributed by atoms with Crippen molar-refractivity contribution in [1.29, 1.82) is 0 Å². The number of rotatable bonds is 2. The lowest BCUT2D eigenvalue weighted by atomic mass is 9.99. The number of fused-ring (bicyclic) bond motifs is 3. The van der Waals surface area contributed by atoms with Crippen LogP contribution in [0.2, 0.25) is 0 Å². The first kappa shape index (κ1) is 15.1. The van der Waals surface area contributed by atoms with Gasteiger partial charge in [-0.25, -0.2) is 15.0 Å². The summed E-state index contributed by atoms with van der Waals surface area (Å²) >= 11 is 0. The molecule has 1 aliphatic rings. The zero-order valence-electron chi connectivity index (χ0n) is 14.2. The summed E-state index contributed by atoms with van der Waals surface area (Å²) in [7, 11) is 0. The lowest BCUT2D eigenvalue weighted by molar-refractivity contribution is -0.133. The van der Waals surface area contributed by atoms with E-state index in [1.807, 2.05) is 37.9 Å². The molecule has 124 valence electrons. The number of nitrogens with one attached hydrogen (secondary N) is 1. The fourth-order valence-corrected chi connectivity index (χ4v) is 3.63. The van der Waals surface area contributed by atoms with Gasteiger partial charge in [0.15, 0.2) is 0 Å². The van der Waals surface area contributed by atoms with Gasteiger partial charge in [0.2, 0.25) is 5.91 Å². The Hall–Kier alpha value is -2.50. The third-order valence-corrected chi connectivity index (χ3v) is 4.77. The summed E-state index contributed by atoms with van der Waals surface area (Å²) in [6, 6.07) is 2.03. The van der Waals surface area contributed by atoms with Gasteiger partial charge in [0.05, 0.1) is 17.4 Å². The molecule has 0 bridgehead atoms. The highest BCUT2D eigenvalue weighted by Gasteiger charge is 2.31. The van der Waals surface area contributed by atoms with Gasteiger partial charge in [-0.2, -0.15) is 0 Å². The summed E-state index contributed by atoms with van der Waals surface area (Å²) in [5.41, 5.74) is 2.77. The van der Waals surface area contributed by atoms with Crippen molar-refractivity contribution in [2.45, 2.75) is 33.1 Å². The number of likely N-dealkylation sites (tertiary alicyclic amines) is 1. The molecule has 6 heteroatoms. The molecule has 0 aliphatic carbocycles. The van der Waals surface area contributed by atoms with E-state index in [4.69, 9.17) is 4.98 Å². The van der Waals surface area contributed by atoms with Crippen molar-refractivity contribution >= 4 is 27.8 Å². The Morgan fingerprint density at radius 1 is 1.38 bits per heavy atom. The van der Waals surface area contributed by atoms with E-state index in [0.717, 1.165) is 53.0 Å². The first-order valence-electron chi connectivity index (χ1n) is 8.43. The molecule has 1 saturated heterocycles. The Labute approximate surface area is 140 Å². The number of aromatic amines is 1. The molecule has 3 aromatic heterocycles. The molecular formula is C18H21N5O. The number of pyridine rings is 1. The monoisotopic (exact) mass is 323 g/mol. The normalized spacial score (nSPS) is 18.2. The zero-order chi connectivity index (χ0) is 16.8. The van der Waals surface area contributed by atoms with E-state index in [-0.39, 0.29) is 17.7 Å². The van der Waals surface area contributed by atoms with Crippen molar-refractivity contribution in [3.8, 4) is 0 Å². The molecule has 1 atom stereocenters. The maximum Gasteiger partial charge on any atom is 0.225 e. The van der Waals surface area contributed by atoms with Crippen molar-refractivity contribution in [3.05, 3.63) is 30.0 Å². The molecule has 24 heavy (non-hydrogen) atoms. The molecular weight excluding hydrogens is 302 g/mol. The number of carbonyl (C=O) groups is 1. The van der Waals surface area contributed by atoms with Gasteiger partial charge < -0.3 is 9.88 Å². The van der Waals surface area contributed by atoms with Gasteiger partial charge in [-0.05, 0) is 19.4 Å². The second kappa shape index (κ2) is 5.54. The molecule has 0 saturated carbocycles. The Bertz CT molecular complexity index is 930. The van der Waals surface area contributed by atoms with E-state index in [0.29, 0.717) is 0 Å². The number of nitrogens with zero attached hydrogens (tertiary/aromatic N) is 4. The smallest absolute Gasteiger partial charge is 0.225 e. The van der Waals surface area contributed by atoms with Crippen LogP contribution in [0.1, 0.15) is 37.7 Å². The standard InChI is InChI=1S/C18H21N5O/c1-10(2)18(24)23-7-5-12(9-23)16-15-13-4-6-19-17(13)20-8-14(15)21-11(3)22-16/h4,6,8,10,12H,5,7,9H2,1-3H3,(H,19,20). The molecule has 1 unspecified atom stereocenters. The Morgan fingerprint density at radius 3 is 3.00 bits per heavy atom. The first-order valence-corrected chi connectivity index (χ1v) is 8.43. The van der Waals surface area contributed by atoms with Crippen LogP contribution in [0.15, 0.2) is 18.5 Å². The summed E-state index contributed by atoms with van der Waals surface area (Å²) in [5, 5.41) is 2.12. The molecule has 6 nitrogen and oxygen atoms in total. The summed E-state index contributed by atoms with van der Waals surface area (Å²) < 4.78 is 0. The number of hydrogen-bond acceptors (Lipinski definition) is 4. The lowest BCUT2D eigenvalue weighted by Gasteiger charge is -2.19. The number of hydrogen-bond donors (Lipinski definition) is 1. The number of H-pyrrole nitrogens is 1. The van der Waals surface area contributed by atoms with Crippen LogP contribution in [0.5, 0.6) is 0 Å². The van der Waals surface area contributed by atoms with Gasteiger partial charge >= 0.3 is 0 Å². The second-order valence-electron chi connectivity index (χ2n) is 6.84. The highest BCUT2D eigenvalue weighted by atomic mass is 16.2. The average Bonchev–Trinajstić information content (AvgIpc) is 3.21. The molecule has 4 rings (SSSR count). The molecule has 3 aromatic rings. The van der Waals surface area contributed by atoms with E-state index < -0.39 is 0 Å². The summed E-state index contributed by atoms with van der Waals surface area (Å²) in [4.78, 5) is 31.2. The topological polar surface area (TPSA) is 74.8 Å². The minimum atomic E-state index is 0.0354. The van der Waals surface area contributed by atoms with Crippen LogP contribution in [-0.2, 0) is 4.79 Å². The fraction of sp³-hybridized carbons (Fsp3) is 0.444. The van der Waals surface area contributed by atoms with Crippen molar-refractivity contribution in [2.75, 3.05) is 13.1 Å². The lowest BCUT2D eigenvalue weighted by Crippen LogP contribution is -2.32. The van der Waals surface area contributed by atoms with Crippen LogP contribution < -0.4 is 0 Å². The quantitative estimate of drug-likeness (QED) is 0.787. The van der Waals surface area contributed by atoms with Gasteiger partial charge in [0, 0.05) is 41.9 Å². The van der Waals surface area contributed by atoms with Crippen molar-refractivity contribution in [3.63, 3.8) is 0 Å². The minimum Gasteiger partial charge on any atom is -0.346 e. The largest absolute Gasteiger partial charge is 0.346 e. The van der Waals surface area contributed by atoms with Crippen LogP contribution >= 0.6 is 0 Å².